The summed E-state index contributed by atoms with van der Waals surface area (Å²) in [5.41, 5.74) is 0.917. The summed E-state index contributed by atoms with van der Waals surface area (Å²) in [6.45, 7) is 2.09. The molecule has 0 fully saturated rings. The van der Waals surface area contributed by atoms with Crippen LogP contribution in [0.25, 0.3) is 0 Å². The van der Waals surface area contributed by atoms with Crippen molar-refractivity contribution in [3.8, 4) is 0 Å². The highest BCUT2D eigenvalue weighted by Crippen LogP contribution is 2.03. The Morgan fingerprint density at radius 3 is 2.94 bits per heavy atom. The van der Waals surface area contributed by atoms with E-state index in [-0.39, 0.29) is 11.6 Å². The van der Waals surface area contributed by atoms with Crippen molar-refractivity contribution in [3.05, 3.63) is 35.6 Å². The van der Waals surface area contributed by atoms with Crippen LogP contribution in [-0.4, -0.2) is 28.1 Å². The van der Waals surface area contributed by atoms with Crippen LogP contribution in [0.2, 0.25) is 0 Å². The first-order valence-corrected chi connectivity index (χ1v) is 5.39. The molecule has 0 atom stereocenters. The number of aryl methyl sites for hydroxylation is 1. The average Bonchev–Trinajstić information content (AvgIpc) is 2.82. The Balaban J connectivity index is 1.99. The van der Waals surface area contributed by atoms with Gasteiger partial charge >= 0.3 is 0 Å². The van der Waals surface area contributed by atoms with Crippen molar-refractivity contribution < 1.29 is 9.32 Å². The van der Waals surface area contributed by atoms with Gasteiger partial charge in [0.15, 0.2) is 0 Å². The second kappa shape index (κ2) is 5.26. The highest BCUT2D eigenvalue weighted by atomic mass is 16.5. The maximum absolute atomic E-state index is 11.8. The van der Waals surface area contributed by atoms with Crippen LogP contribution in [0.1, 0.15) is 21.9 Å². The molecule has 2 rings (SSSR count). The zero-order valence-corrected chi connectivity index (χ0v) is 10.1. The van der Waals surface area contributed by atoms with Crippen molar-refractivity contribution in [1.82, 2.24) is 20.4 Å². The van der Waals surface area contributed by atoms with Gasteiger partial charge in [-0.3, -0.25) is 9.78 Å². The van der Waals surface area contributed by atoms with Crippen molar-refractivity contribution >= 4 is 11.7 Å². The number of carbonyl (C=O) groups excluding carboxylic acids is 1. The lowest BCUT2D eigenvalue weighted by atomic mass is 10.3. The Bertz CT molecular complexity index is 552. The zero-order valence-electron chi connectivity index (χ0n) is 10.1. The van der Waals surface area contributed by atoms with Gasteiger partial charge in [-0.2, -0.15) is 0 Å². The highest BCUT2D eigenvalue weighted by Gasteiger charge is 2.09. The molecule has 0 bridgehead atoms. The van der Waals surface area contributed by atoms with Crippen molar-refractivity contribution in [1.29, 1.82) is 0 Å². The molecule has 0 aliphatic rings. The van der Waals surface area contributed by atoms with Crippen LogP contribution in [0.15, 0.2) is 23.0 Å². The van der Waals surface area contributed by atoms with E-state index in [0.717, 1.165) is 0 Å². The van der Waals surface area contributed by atoms with Gasteiger partial charge in [-0.1, -0.05) is 5.16 Å². The average molecular weight is 247 g/mol. The van der Waals surface area contributed by atoms with Gasteiger partial charge in [-0.25, -0.2) is 4.98 Å². The molecule has 0 aromatic carbocycles. The fraction of sp³-hybridized carbons (Fsp3) is 0.273. The van der Waals surface area contributed by atoms with Gasteiger partial charge < -0.3 is 15.2 Å². The Labute approximate surface area is 104 Å². The third kappa shape index (κ3) is 2.82. The van der Waals surface area contributed by atoms with Crippen LogP contribution in [0.3, 0.4) is 0 Å². The number of carbonyl (C=O) groups is 1. The van der Waals surface area contributed by atoms with Gasteiger partial charge in [-0.05, 0) is 6.92 Å². The van der Waals surface area contributed by atoms with E-state index in [9.17, 15) is 4.79 Å². The molecular weight excluding hydrogens is 234 g/mol. The van der Waals surface area contributed by atoms with E-state index < -0.39 is 0 Å². The third-order valence-corrected chi connectivity index (χ3v) is 2.23. The third-order valence-electron chi connectivity index (χ3n) is 2.23. The predicted octanol–water partition coefficient (Wildman–Crippen LogP) is 0.745. The van der Waals surface area contributed by atoms with E-state index in [0.29, 0.717) is 23.8 Å². The Hall–Kier alpha value is -2.44. The molecule has 2 aromatic heterocycles. The fourth-order valence-electron chi connectivity index (χ4n) is 1.36. The molecule has 7 nitrogen and oxygen atoms in total. The van der Waals surface area contributed by atoms with Gasteiger partial charge in [0.1, 0.15) is 23.0 Å². The van der Waals surface area contributed by atoms with Gasteiger partial charge in [0.05, 0.1) is 18.9 Å². The summed E-state index contributed by atoms with van der Waals surface area (Å²) in [6.07, 6.45) is 2.95. The first-order chi connectivity index (χ1) is 8.69. The van der Waals surface area contributed by atoms with E-state index in [2.05, 4.69) is 25.8 Å². The summed E-state index contributed by atoms with van der Waals surface area (Å²) < 4.78 is 4.90. The lowest BCUT2D eigenvalue weighted by Crippen LogP contribution is -2.24. The minimum absolute atomic E-state index is 0.252. The number of hydrogen-bond acceptors (Lipinski definition) is 6. The lowest BCUT2D eigenvalue weighted by Gasteiger charge is -2.03. The monoisotopic (exact) mass is 247 g/mol. The molecule has 0 saturated carbocycles. The van der Waals surface area contributed by atoms with Crippen LogP contribution in [0.5, 0.6) is 0 Å². The van der Waals surface area contributed by atoms with Crippen molar-refractivity contribution in [2.45, 2.75) is 13.5 Å². The minimum Gasteiger partial charge on any atom is -0.372 e. The highest BCUT2D eigenvalue weighted by molar-refractivity contribution is 5.92. The molecule has 0 saturated heterocycles. The molecule has 2 heterocycles. The van der Waals surface area contributed by atoms with Crippen LogP contribution >= 0.6 is 0 Å². The molecule has 18 heavy (non-hydrogen) atoms. The summed E-state index contributed by atoms with van der Waals surface area (Å²) in [4.78, 5) is 19.8. The van der Waals surface area contributed by atoms with Crippen LogP contribution in [-0.2, 0) is 6.54 Å². The maximum atomic E-state index is 11.8. The standard InChI is InChI=1S/C11H13N5O2/c1-7-3-8(16-18-7)4-14-11(17)9-5-13-6-10(12-2)15-9/h3,5-6H,4H2,1-2H3,(H,12,15)(H,14,17). The lowest BCUT2D eigenvalue weighted by molar-refractivity contribution is 0.0945. The topological polar surface area (TPSA) is 92.9 Å². The number of hydrogen-bond donors (Lipinski definition) is 2. The van der Waals surface area contributed by atoms with Gasteiger partial charge in [0.25, 0.3) is 5.91 Å². The molecule has 2 aromatic rings. The molecule has 0 radical (unpaired) electrons. The first-order valence-electron chi connectivity index (χ1n) is 5.39. The summed E-state index contributed by atoms with van der Waals surface area (Å²) in [6, 6.07) is 1.76. The Morgan fingerprint density at radius 2 is 2.28 bits per heavy atom. The Kier molecular flexibility index (Phi) is 3.52. The molecule has 94 valence electrons. The van der Waals surface area contributed by atoms with E-state index in [1.165, 1.54) is 12.4 Å². The van der Waals surface area contributed by atoms with Crippen LogP contribution in [0.4, 0.5) is 5.82 Å². The normalized spacial score (nSPS) is 10.1. The number of amides is 1. The number of nitrogens with one attached hydrogen (secondary N) is 2. The minimum atomic E-state index is -0.305. The summed E-state index contributed by atoms with van der Waals surface area (Å²) in [5, 5.41) is 9.28. The first kappa shape index (κ1) is 12.0. The zero-order chi connectivity index (χ0) is 13.0. The maximum Gasteiger partial charge on any atom is 0.271 e. The number of rotatable bonds is 4. The van der Waals surface area contributed by atoms with Crippen molar-refractivity contribution in [2.24, 2.45) is 0 Å². The molecule has 0 aliphatic heterocycles. The second-order valence-electron chi connectivity index (χ2n) is 3.65. The van der Waals surface area contributed by atoms with Crippen molar-refractivity contribution in [3.63, 3.8) is 0 Å². The molecule has 1 amide bonds. The number of aromatic nitrogens is 3. The summed E-state index contributed by atoms with van der Waals surface area (Å²) in [7, 11) is 1.71. The van der Waals surface area contributed by atoms with E-state index in [4.69, 9.17) is 4.52 Å². The second-order valence-corrected chi connectivity index (χ2v) is 3.65. The van der Waals surface area contributed by atoms with Gasteiger partial charge in [-0.15, -0.1) is 0 Å². The van der Waals surface area contributed by atoms with Crippen molar-refractivity contribution in [2.75, 3.05) is 12.4 Å². The molecule has 7 heteroatoms. The molecule has 0 unspecified atom stereocenters. The van der Waals surface area contributed by atoms with Gasteiger partial charge in [0, 0.05) is 13.1 Å². The number of nitrogens with zero attached hydrogens (tertiary/aromatic N) is 3. The SMILES string of the molecule is CNc1cncc(C(=O)NCc2cc(C)on2)n1. The molecule has 0 spiro atoms. The fourth-order valence-corrected chi connectivity index (χ4v) is 1.36. The predicted molar refractivity (Wildman–Crippen MR) is 64.0 cm³/mol. The summed E-state index contributed by atoms with van der Waals surface area (Å²) >= 11 is 0. The molecule has 2 N–H and O–H groups in total. The largest absolute Gasteiger partial charge is 0.372 e. The number of anilines is 1. The van der Waals surface area contributed by atoms with Crippen LogP contribution < -0.4 is 10.6 Å². The van der Waals surface area contributed by atoms with E-state index in [1.807, 2.05) is 0 Å². The van der Waals surface area contributed by atoms with Gasteiger partial charge in [0.2, 0.25) is 0 Å². The summed E-state index contributed by atoms with van der Waals surface area (Å²) in [5.74, 6) is 0.941. The molecular formula is C11H13N5O2. The van der Waals surface area contributed by atoms with E-state index >= 15 is 0 Å². The Morgan fingerprint density at radius 1 is 1.44 bits per heavy atom. The quantitative estimate of drug-likeness (QED) is 0.828. The smallest absolute Gasteiger partial charge is 0.271 e. The van der Waals surface area contributed by atoms with Crippen LogP contribution in [0, 0.1) is 6.92 Å². The van der Waals surface area contributed by atoms with E-state index in [1.54, 1.807) is 20.0 Å². The molecule has 0 aliphatic carbocycles.